The van der Waals surface area contributed by atoms with E-state index < -0.39 is 0 Å². The number of benzene rings is 1. The second-order valence-electron chi connectivity index (χ2n) is 6.06. The second-order valence-corrected chi connectivity index (χ2v) is 6.50. The third-order valence-electron chi connectivity index (χ3n) is 4.86. The minimum absolute atomic E-state index is 0.150. The molecule has 2 bridgehead atoms. The fourth-order valence-corrected chi connectivity index (χ4v) is 4.03. The quantitative estimate of drug-likeness (QED) is 0.842. The predicted molar refractivity (Wildman–Crippen MR) is 76.8 cm³/mol. The normalized spacial score (nSPS) is 36.5. The van der Waals surface area contributed by atoms with Gasteiger partial charge in [0.25, 0.3) is 0 Å². The maximum Gasteiger partial charge on any atom is 0.319 e. The predicted octanol–water partition coefficient (Wildman–Crippen LogP) is 2.88. The molecule has 5 heteroatoms. The van der Waals surface area contributed by atoms with Gasteiger partial charge >= 0.3 is 6.03 Å². The van der Waals surface area contributed by atoms with Crippen LogP contribution in [0.5, 0.6) is 0 Å². The molecule has 4 nitrogen and oxygen atoms in total. The number of carbonyl (C=O) groups is 1. The fourth-order valence-electron chi connectivity index (χ4n) is 3.90. The Labute approximate surface area is 122 Å². The van der Waals surface area contributed by atoms with Crippen molar-refractivity contribution in [3.8, 4) is 0 Å². The van der Waals surface area contributed by atoms with E-state index in [0.717, 1.165) is 18.2 Å². The maximum atomic E-state index is 11.9. The van der Waals surface area contributed by atoms with Crippen molar-refractivity contribution < 1.29 is 9.53 Å². The molecular weight excluding hydrogens is 276 g/mol. The summed E-state index contributed by atoms with van der Waals surface area (Å²) in [6, 6.07) is 6.96. The van der Waals surface area contributed by atoms with E-state index in [0.29, 0.717) is 29.1 Å². The van der Waals surface area contributed by atoms with Gasteiger partial charge in [0.2, 0.25) is 0 Å². The van der Waals surface area contributed by atoms with Gasteiger partial charge in [-0.2, -0.15) is 0 Å². The van der Waals surface area contributed by atoms with Crippen LogP contribution in [0.2, 0.25) is 5.02 Å². The largest absolute Gasteiger partial charge is 0.369 e. The van der Waals surface area contributed by atoms with Gasteiger partial charge in [0.15, 0.2) is 0 Å². The smallest absolute Gasteiger partial charge is 0.319 e. The molecule has 5 atom stereocenters. The summed E-state index contributed by atoms with van der Waals surface area (Å²) >= 11 is 5.81. The number of ether oxygens (including phenoxy) is 1. The molecule has 0 radical (unpaired) electrons. The third-order valence-corrected chi connectivity index (χ3v) is 5.11. The number of amides is 2. The summed E-state index contributed by atoms with van der Waals surface area (Å²) in [6.45, 7) is 0.743. The van der Waals surface area contributed by atoms with Gasteiger partial charge in [-0.05, 0) is 54.9 Å². The molecule has 1 saturated heterocycles. The number of nitrogens with one attached hydrogen (secondary N) is 2. The zero-order valence-electron chi connectivity index (χ0n) is 11.0. The van der Waals surface area contributed by atoms with E-state index in [2.05, 4.69) is 10.6 Å². The Balaban J connectivity index is 1.27. The van der Waals surface area contributed by atoms with E-state index in [1.807, 2.05) is 0 Å². The lowest BCUT2D eigenvalue weighted by Gasteiger charge is -2.19. The van der Waals surface area contributed by atoms with Gasteiger partial charge in [-0.25, -0.2) is 4.79 Å². The Morgan fingerprint density at radius 1 is 1.25 bits per heavy atom. The highest BCUT2D eigenvalue weighted by Gasteiger charge is 2.62. The maximum absolute atomic E-state index is 11.9. The standard InChI is InChI=1S/C15H17ClN2O2/c16-10-1-3-11(4-2-10)18-15(19)17-7-9-5-8-6-12(9)14-13(8)20-14/h1-4,8-9,12-14H,5-7H2,(H2,17,18,19). The molecule has 106 valence electrons. The molecule has 2 saturated carbocycles. The highest BCUT2D eigenvalue weighted by Crippen LogP contribution is 2.58. The molecule has 2 aliphatic carbocycles. The summed E-state index contributed by atoms with van der Waals surface area (Å²) in [4.78, 5) is 11.9. The van der Waals surface area contributed by atoms with Crippen molar-refractivity contribution in [3.05, 3.63) is 29.3 Å². The highest BCUT2D eigenvalue weighted by molar-refractivity contribution is 6.30. The Hall–Kier alpha value is -1.26. The molecular formula is C15H17ClN2O2. The van der Waals surface area contributed by atoms with Crippen LogP contribution in [-0.2, 0) is 4.74 Å². The zero-order valence-corrected chi connectivity index (χ0v) is 11.8. The monoisotopic (exact) mass is 292 g/mol. The summed E-state index contributed by atoms with van der Waals surface area (Å²) in [7, 11) is 0. The molecule has 3 fully saturated rings. The fraction of sp³-hybridized carbons (Fsp3) is 0.533. The van der Waals surface area contributed by atoms with Gasteiger partial charge in [-0.3, -0.25) is 0 Å². The molecule has 0 spiro atoms. The van der Waals surface area contributed by atoms with Crippen LogP contribution in [0.3, 0.4) is 0 Å². The summed E-state index contributed by atoms with van der Waals surface area (Å²) in [5.74, 6) is 2.00. The summed E-state index contributed by atoms with van der Waals surface area (Å²) in [5.41, 5.74) is 0.755. The molecule has 5 unspecified atom stereocenters. The first-order chi connectivity index (χ1) is 9.70. The second kappa shape index (κ2) is 4.64. The third kappa shape index (κ3) is 2.17. The van der Waals surface area contributed by atoms with Crippen molar-refractivity contribution in [1.82, 2.24) is 5.32 Å². The van der Waals surface area contributed by atoms with E-state index >= 15 is 0 Å². The first-order valence-electron chi connectivity index (χ1n) is 7.16. The van der Waals surface area contributed by atoms with E-state index in [9.17, 15) is 4.79 Å². The van der Waals surface area contributed by atoms with Crippen molar-refractivity contribution in [2.24, 2.45) is 17.8 Å². The van der Waals surface area contributed by atoms with Crippen LogP contribution < -0.4 is 10.6 Å². The molecule has 2 N–H and O–H groups in total. The van der Waals surface area contributed by atoms with Gasteiger partial charge in [0.05, 0.1) is 12.2 Å². The van der Waals surface area contributed by atoms with Gasteiger partial charge in [0, 0.05) is 17.3 Å². The molecule has 1 aromatic rings. The number of epoxide rings is 1. The van der Waals surface area contributed by atoms with Crippen molar-refractivity contribution in [2.45, 2.75) is 25.0 Å². The molecule has 3 aliphatic rings. The van der Waals surface area contributed by atoms with Crippen molar-refractivity contribution in [1.29, 1.82) is 0 Å². The topological polar surface area (TPSA) is 53.7 Å². The van der Waals surface area contributed by atoms with Crippen LogP contribution >= 0.6 is 11.6 Å². The Bertz CT molecular complexity index is 533. The Morgan fingerprint density at radius 3 is 2.75 bits per heavy atom. The number of hydrogen-bond donors (Lipinski definition) is 2. The summed E-state index contributed by atoms with van der Waals surface area (Å²) in [5, 5.41) is 6.46. The van der Waals surface area contributed by atoms with Crippen LogP contribution in [0.1, 0.15) is 12.8 Å². The molecule has 4 rings (SSSR count). The van der Waals surface area contributed by atoms with Gasteiger partial charge in [-0.1, -0.05) is 11.6 Å². The average Bonchev–Trinajstić information content (AvgIpc) is 3.05. The number of urea groups is 1. The molecule has 1 aliphatic heterocycles. The summed E-state index contributed by atoms with van der Waals surface area (Å²) in [6.07, 6.45) is 3.55. The van der Waals surface area contributed by atoms with E-state index in [1.165, 1.54) is 12.8 Å². The van der Waals surface area contributed by atoms with Crippen LogP contribution in [0.15, 0.2) is 24.3 Å². The first kappa shape index (κ1) is 12.5. The lowest BCUT2D eigenvalue weighted by Crippen LogP contribution is -2.35. The highest BCUT2D eigenvalue weighted by atomic mass is 35.5. The number of hydrogen-bond acceptors (Lipinski definition) is 2. The minimum Gasteiger partial charge on any atom is -0.369 e. The van der Waals surface area contributed by atoms with Crippen molar-refractivity contribution in [2.75, 3.05) is 11.9 Å². The number of rotatable bonds is 3. The van der Waals surface area contributed by atoms with Crippen LogP contribution in [0.25, 0.3) is 0 Å². The van der Waals surface area contributed by atoms with Gasteiger partial charge < -0.3 is 15.4 Å². The Kier molecular flexibility index (Phi) is 2.89. The van der Waals surface area contributed by atoms with Crippen molar-refractivity contribution >= 4 is 23.3 Å². The van der Waals surface area contributed by atoms with Crippen molar-refractivity contribution in [3.63, 3.8) is 0 Å². The van der Waals surface area contributed by atoms with Crippen LogP contribution in [-0.4, -0.2) is 24.8 Å². The van der Waals surface area contributed by atoms with Crippen LogP contribution in [0.4, 0.5) is 10.5 Å². The molecule has 20 heavy (non-hydrogen) atoms. The lowest BCUT2D eigenvalue weighted by atomic mass is 9.89. The van der Waals surface area contributed by atoms with Crippen LogP contribution in [0, 0.1) is 17.8 Å². The first-order valence-corrected chi connectivity index (χ1v) is 7.54. The average molecular weight is 293 g/mol. The van der Waals surface area contributed by atoms with Gasteiger partial charge in [0.1, 0.15) is 0 Å². The number of carbonyl (C=O) groups excluding carboxylic acids is 1. The van der Waals surface area contributed by atoms with E-state index in [-0.39, 0.29) is 6.03 Å². The van der Waals surface area contributed by atoms with E-state index in [4.69, 9.17) is 16.3 Å². The SMILES string of the molecule is O=C(NCC1CC2CC1C1OC21)Nc1ccc(Cl)cc1. The molecule has 2 amide bonds. The zero-order chi connectivity index (χ0) is 13.7. The minimum atomic E-state index is -0.150. The summed E-state index contributed by atoms with van der Waals surface area (Å²) < 4.78 is 5.64. The number of anilines is 1. The molecule has 1 aromatic carbocycles. The number of fused-ring (bicyclic) bond motifs is 5. The molecule has 1 heterocycles. The number of halogens is 1. The Morgan fingerprint density at radius 2 is 2.05 bits per heavy atom. The molecule has 0 aromatic heterocycles. The van der Waals surface area contributed by atoms with Gasteiger partial charge in [-0.15, -0.1) is 0 Å². The lowest BCUT2D eigenvalue weighted by molar-refractivity contribution is 0.238. The van der Waals surface area contributed by atoms with E-state index in [1.54, 1.807) is 24.3 Å².